The minimum atomic E-state index is -1.31. The van der Waals surface area contributed by atoms with E-state index in [4.69, 9.17) is 5.73 Å². The van der Waals surface area contributed by atoms with Crippen molar-refractivity contribution in [1.82, 2.24) is 9.55 Å². The minimum absolute atomic E-state index is 0.0214. The van der Waals surface area contributed by atoms with Crippen LogP contribution in [-0.4, -0.2) is 39.8 Å². The van der Waals surface area contributed by atoms with Gasteiger partial charge in [0.2, 0.25) is 5.43 Å². The molecule has 2 unspecified atom stereocenters. The first kappa shape index (κ1) is 16.7. The molecular weight excluding hydrogens is 351 g/mol. The lowest BCUT2D eigenvalue weighted by Crippen LogP contribution is -2.53. The molecule has 0 spiro atoms. The summed E-state index contributed by atoms with van der Waals surface area (Å²) in [4.78, 5) is 30.4. The third-order valence-electron chi connectivity index (χ3n) is 6.49. The van der Waals surface area contributed by atoms with Gasteiger partial charge in [0, 0.05) is 31.4 Å². The second-order valence-corrected chi connectivity index (χ2v) is 8.49. The van der Waals surface area contributed by atoms with E-state index in [0.717, 1.165) is 25.3 Å². The second kappa shape index (κ2) is 5.28. The minimum Gasteiger partial charge on any atom is -0.477 e. The quantitative estimate of drug-likeness (QED) is 0.851. The van der Waals surface area contributed by atoms with Gasteiger partial charge in [-0.05, 0) is 36.7 Å². The number of hydrogen-bond donors (Lipinski definition) is 2. The Bertz CT molecular complexity index is 1050. The predicted molar refractivity (Wildman–Crippen MR) is 97.6 cm³/mol. The molecule has 2 aromatic heterocycles. The lowest BCUT2D eigenvalue weighted by molar-refractivity contribution is 0.0694. The fraction of sp³-hybridized carbons (Fsp3) is 0.526. The van der Waals surface area contributed by atoms with Gasteiger partial charge in [-0.2, -0.15) is 0 Å². The monoisotopic (exact) mass is 372 g/mol. The van der Waals surface area contributed by atoms with Gasteiger partial charge in [-0.15, -0.1) is 0 Å². The molecule has 2 saturated carbocycles. The van der Waals surface area contributed by atoms with E-state index in [1.165, 1.54) is 6.20 Å². The molecule has 8 heteroatoms. The normalized spacial score (nSPS) is 29.7. The maximum Gasteiger partial charge on any atom is 0.341 e. The average Bonchev–Trinajstić information content (AvgIpc) is 3.39. The first-order valence-corrected chi connectivity index (χ1v) is 9.28. The van der Waals surface area contributed by atoms with Crippen LogP contribution >= 0.6 is 0 Å². The highest BCUT2D eigenvalue weighted by atomic mass is 19.1. The fourth-order valence-electron chi connectivity index (χ4n) is 4.87. The van der Waals surface area contributed by atoms with Gasteiger partial charge in [0.15, 0.2) is 11.6 Å². The molecule has 1 aliphatic heterocycles. The molecule has 1 saturated heterocycles. The Morgan fingerprint density at radius 2 is 2.19 bits per heavy atom. The number of fused-ring (bicyclic) bond motifs is 2. The van der Waals surface area contributed by atoms with Crippen molar-refractivity contribution in [2.45, 2.75) is 38.3 Å². The van der Waals surface area contributed by atoms with Crippen LogP contribution < -0.4 is 16.1 Å². The van der Waals surface area contributed by atoms with Crippen molar-refractivity contribution >= 4 is 22.8 Å². The first-order chi connectivity index (χ1) is 12.8. The first-order valence-electron chi connectivity index (χ1n) is 9.28. The summed E-state index contributed by atoms with van der Waals surface area (Å²) in [5.41, 5.74) is 5.51. The number of carboxylic acid groups (broad SMARTS) is 1. The van der Waals surface area contributed by atoms with Gasteiger partial charge >= 0.3 is 5.97 Å². The van der Waals surface area contributed by atoms with E-state index in [1.54, 1.807) is 4.57 Å². The van der Waals surface area contributed by atoms with Gasteiger partial charge in [0.25, 0.3) is 0 Å². The summed E-state index contributed by atoms with van der Waals surface area (Å²) in [6.45, 7) is 3.49. The second-order valence-electron chi connectivity index (χ2n) is 8.49. The Kier molecular flexibility index (Phi) is 3.26. The number of nitrogens with two attached hydrogens (primary N) is 1. The van der Waals surface area contributed by atoms with E-state index >= 15 is 0 Å². The summed E-state index contributed by atoms with van der Waals surface area (Å²) < 4.78 is 16.6. The number of carbonyl (C=O) groups is 1. The van der Waals surface area contributed by atoms with Crippen molar-refractivity contribution in [3.63, 3.8) is 0 Å². The summed E-state index contributed by atoms with van der Waals surface area (Å²) in [7, 11) is 0. The molecule has 0 radical (unpaired) electrons. The summed E-state index contributed by atoms with van der Waals surface area (Å²) in [6.07, 6.45) is 4.05. The number of aromatic nitrogens is 2. The van der Waals surface area contributed by atoms with E-state index in [-0.39, 0.29) is 34.3 Å². The molecule has 142 valence electrons. The van der Waals surface area contributed by atoms with E-state index < -0.39 is 17.2 Å². The van der Waals surface area contributed by atoms with Crippen molar-refractivity contribution in [2.24, 2.45) is 17.1 Å². The third kappa shape index (κ3) is 2.32. The largest absolute Gasteiger partial charge is 0.477 e. The number of halogens is 1. The van der Waals surface area contributed by atoms with E-state index in [0.29, 0.717) is 24.7 Å². The summed E-state index contributed by atoms with van der Waals surface area (Å²) in [6, 6.07) is 1.39. The molecule has 3 atom stereocenters. The lowest BCUT2D eigenvalue weighted by atomic mass is 9.60. The summed E-state index contributed by atoms with van der Waals surface area (Å²) >= 11 is 0. The van der Waals surface area contributed by atoms with E-state index in [9.17, 15) is 19.1 Å². The summed E-state index contributed by atoms with van der Waals surface area (Å²) in [5, 5.41) is 9.34. The standard InChI is InChI=1S/C19H21FN4O3/c1-19-5-14(21)12(19)7-23(8-19)17-13(20)4-10-15(25)11(18(26)27)6-24(9-2-3-9)16(10)22-17/h4,6,9,12,14H,2-3,5,7-8,21H2,1H3,(H,26,27)/t12?,14?,19-/m0/s1. The molecule has 2 aliphatic carbocycles. The molecule has 7 nitrogen and oxygen atoms in total. The maximum atomic E-state index is 14.9. The van der Waals surface area contributed by atoms with Crippen molar-refractivity contribution in [3.8, 4) is 0 Å². The highest BCUT2D eigenvalue weighted by molar-refractivity contribution is 5.92. The highest BCUT2D eigenvalue weighted by Gasteiger charge is 2.55. The van der Waals surface area contributed by atoms with Crippen LogP contribution in [0.5, 0.6) is 0 Å². The summed E-state index contributed by atoms with van der Waals surface area (Å²) in [5.74, 6) is -1.36. The van der Waals surface area contributed by atoms with Crippen LogP contribution in [-0.2, 0) is 0 Å². The Labute approximate surface area is 154 Å². The number of nitrogens with zero attached hydrogens (tertiary/aromatic N) is 3. The van der Waals surface area contributed by atoms with Crippen molar-refractivity contribution < 1.29 is 14.3 Å². The molecule has 27 heavy (non-hydrogen) atoms. The smallest absolute Gasteiger partial charge is 0.341 e. The van der Waals surface area contributed by atoms with Gasteiger partial charge in [-0.1, -0.05) is 6.92 Å². The number of pyridine rings is 2. The SMILES string of the molecule is C[C@@]12CC(N)C1CN(c1nc3c(cc1F)c(=O)c(C(=O)O)cn3C1CC1)C2. The number of anilines is 1. The Hall–Kier alpha value is -2.48. The van der Waals surface area contributed by atoms with Gasteiger partial charge in [-0.3, -0.25) is 4.79 Å². The molecule has 0 bridgehead atoms. The van der Waals surface area contributed by atoms with Crippen LogP contribution in [0.1, 0.15) is 42.6 Å². The highest BCUT2D eigenvalue weighted by Crippen LogP contribution is 2.51. The number of carboxylic acids is 1. The number of hydrogen-bond acceptors (Lipinski definition) is 5. The Morgan fingerprint density at radius 3 is 2.78 bits per heavy atom. The molecule has 5 rings (SSSR count). The molecule has 2 aromatic rings. The third-order valence-corrected chi connectivity index (χ3v) is 6.49. The molecule has 3 N–H and O–H groups in total. The number of aromatic carboxylic acids is 1. The molecule has 0 aromatic carbocycles. The Morgan fingerprint density at radius 1 is 1.44 bits per heavy atom. The average molecular weight is 372 g/mol. The van der Waals surface area contributed by atoms with Crippen molar-refractivity contribution in [3.05, 3.63) is 33.9 Å². The van der Waals surface area contributed by atoms with Gasteiger partial charge < -0.3 is 20.3 Å². The van der Waals surface area contributed by atoms with Crippen LogP contribution in [0.25, 0.3) is 11.0 Å². The van der Waals surface area contributed by atoms with Crippen LogP contribution in [0.15, 0.2) is 17.1 Å². The zero-order valence-corrected chi connectivity index (χ0v) is 15.0. The topological polar surface area (TPSA) is 101 Å². The van der Waals surface area contributed by atoms with Gasteiger partial charge in [0.1, 0.15) is 11.2 Å². The predicted octanol–water partition coefficient (Wildman–Crippen LogP) is 1.74. The molecular formula is C19H21FN4O3. The molecule has 3 heterocycles. The fourth-order valence-corrected chi connectivity index (χ4v) is 4.87. The zero-order chi connectivity index (χ0) is 19.1. The van der Waals surface area contributed by atoms with Crippen LogP contribution in [0.4, 0.5) is 10.2 Å². The lowest BCUT2D eigenvalue weighted by Gasteiger charge is -2.46. The van der Waals surface area contributed by atoms with Crippen LogP contribution in [0.3, 0.4) is 0 Å². The van der Waals surface area contributed by atoms with Crippen LogP contribution in [0, 0.1) is 17.2 Å². The van der Waals surface area contributed by atoms with Gasteiger partial charge in [0.05, 0.1) is 5.39 Å². The zero-order valence-electron chi connectivity index (χ0n) is 15.0. The molecule has 0 amide bonds. The Balaban J connectivity index is 1.67. The molecule has 3 aliphatic rings. The van der Waals surface area contributed by atoms with Crippen molar-refractivity contribution in [2.75, 3.05) is 18.0 Å². The van der Waals surface area contributed by atoms with E-state index in [1.807, 2.05) is 4.90 Å². The molecule has 3 fully saturated rings. The van der Waals surface area contributed by atoms with E-state index in [2.05, 4.69) is 11.9 Å². The number of rotatable bonds is 3. The van der Waals surface area contributed by atoms with Gasteiger partial charge in [-0.25, -0.2) is 14.2 Å². The maximum absolute atomic E-state index is 14.9. The van der Waals surface area contributed by atoms with Crippen molar-refractivity contribution in [1.29, 1.82) is 0 Å². The van der Waals surface area contributed by atoms with Crippen LogP contribution in [0.2, 0.25) is 0 Å².